The van der Waals surface area contributed by atoms with E-state index in [0.717, 1.165) is 38.8 Å². The van der Waals surface area contributed by atoms with Crippen molar-refractivity contribution in [3.05, 3.63) is 0 Å². The third-order valence-corrected chi connectivity index (χ3v) is 5.05. The molecule has 0 aromatic carbocycles. The lowest BCUT2D eigenvalue weighted by atomic mass is 9.81. The molecule has 3 atom stereocenters. The molecule has 3 amide bonds. The lowest BCUT2D eigenvalue weighted by Crippen LogP contribution is -2.55. The molecule has 2 saturated heterocycles. The molecule has 0 radical (unpaired) electrons. The summed E-state index contributed by atoms with van der Waals surface area (Å²) in [5.74, 6) is -0.690. The normalized spacial score (nSPS) is 33.3. The van der Waals surface area contributed by atoms with Gasteiger partial charge in [-0.25, -0.2) is 0 Å². The van der Waals surface area contributed by atoms with Crippen LogP contribution in [-0.4, -0.2) is 59.7 Å². The third kappa shape index (κ3) is 2.57. The number of carbonyl (C=O) groups is 3. The Morgan fingerprint density at radius 2 is 1.81 bits per heavy atom. The van der Waals surface area contributed by atoms with Gasteiger partial charge in [0.25, 0.3) is 0 Å². The van der Waals surface area contributed by atoms with Crippen molar-refractivity contribution in [3.63, 3.8) is 0 Å². The topological polar surface area (TPSA) is 69.7 Å². The minimum absolute atomic E-state index is 0.0744. The van der Waals surface area contributed by atoms with E-state index in [1.54, 1.807) is 4.90 Å². The van der Waals surface area contributed by atoms with Crippen molar-refractivity contribution in [1.82, 2.24) is 15.1 Å². The molecule has 21 heavy (non-hydrogen) atoms. The van der Waals surface area contributed by atoms with Gasteiger partial charge in [-0.05, 0) is 19.8 Å². The second-order valence-corrected chi connectivity index (χ2v) is 6.40. The zero-order valence-electron chi connectivity index (χ0n) is 12.5. The van der Waals surface area contributed by atoms with Crippen molar-refractivity contribution >= 4 is 17.7 Å². The van der Waals surface area contributed by atoms with Crippen molar-refractivity contribution < 1.29 is 14.4 Å². The maximum absolute atomic E-state index is 12.4. The van der Waals surface area contributed by atoms with Crippen molar-refractivity contribution in [2.24, 2.45) is 11.8 Å². The van der Waals surface area contributed by atoms with E-state index in [1.165, 1.54) is 4.90 Å². The number of rotatable bonds is 2. The fourth-order valence-electron chi connectivity index (χ4n) is 3.82. The van der Waals surface area contributed by atoms with Crippen LogP contribution >= 0.6 is 0 Å². The summed E-state index contributed by atoms with van der Waals surface area (Å²) in [4.78, 5) is 40.2. The molecular weight excluding hydrogens is 270 g/mol. The second-order valence-electron chi connectivity index (χ2n) is 6.40. The first-order chi connectivity index (χ1) is 10.1. The number of nitrogens with zero attached hydrogens (tertiary/aromatic N) is 2. The molecule has 3 aliphatic rings. The SMILES string of the molecule is C[C@H]1CNCCN1C(=O)CN1C(=O)C2CCCCC2C1=O. The number of nitrogens with one attached hydrogen (secondary N) is 1. The van der Waals surface area contributed by atoms with Gasteiger partial charge in [0.2, 0.25) is 17.7 Å². The largest absolute Gasteiger partial charge is 0.336 e. The van der Waals surface area contributed by atoms with E-state index in [0.29, 0.717) is 6.54 Å². The van der Waals surface area contributed by atoms with Gasteiger partial charge in [-0.15, -0.1) is 0 Å². The predicted molar refractivity (Wildman–Crippen MR) is 76.2 cm³/mol. The van der Waals surface area contributed by atoms with Gasteiger partial charge in [-0.1, -0.05) is 12.8 Å². The Morgan fingerprint density at radius 3 is 2.38 bits per heavy atom. The van der Waals surface area contributed by atoms with Gasteiger partial charge in [0.1, 0.15) is 6.54 Å². The average molecular weight is 293 g/mol. The number of piperazine rings is 1. The standard InChI is InChI=1S/C15H23N3O3/c1-10-8-16-6-7-17(10)13(19)9-18-14(20)11-4-2-3-5-12(11)15(18)21/h10-12,16H,2-9H2,1H3/t10-,11?,12?/m0/s1. The maximum atomic E-state index is 12.4. The first-order valence-electron chi connectivity index (χ1n) is 7.95. The monoisotopic (exact) mass is 293 g/mol. The fraction of sp³-hybridized carbons (Fsp3) is 0.800. The van der Waals surface area contributed by atoms with Crippen LogP contribution < -0.4 is 5.32 Å². The summed E-state index contributed by atoms with van der Waals surface area (Å²) in [6, 6.07) is 0.112. The minimum atomic E-state index is -0.167. The summed E-state index contributed by atoms with van der Waals surface area (Å²) in [6.45, 7) is 4.08. The Morgan fingerprint density at radius 1 is 1.19 bits per heavy atom. The summed E-state index contributed by atoms with van der Waals surface area (Å²) < 4.78 is 0. The Hall–Kier alpha value is -1.43. The van der Waals surface area contributed by atoms with E-state index >= 15 is 0 Å². The fourth-order valence-corrected chi connectivity index (χ4v) is 3.82. The van der Waals surface area contributed by atoms with Gasteiger partial charge in [0, 0.05) is 25.7 Å². The summed E-state index contributed by atoms with van der Waals surface area (Å²) in [6.07, 6.45) is 3.61. The molecular formula is C15H23N3O3. The zero-order valence-corrected chi connectivity index (χ0v) is 12.5. The van der Waals surface area contributed by atoms with E-state index in [9.17, 15) is 14.4 Å². The number of fused-ring (bicyclic) bond motifs is 1. The highest BCUT2D eigenvalue weighted by Gasteiger charge is 2.48. The van der Waals surface area contributed by atoms with Crippen molar-refractivity contribution in [2.45, 2.75) is 38.6 Å². The highest BCUT2D eigenvalue weighted by Crippen LogP contribution is 2.37. The van der Waals surface area contributed by atoms with Crippen LogP contribution in [0.1, 0.15) is 32.6 Å². The number of amides is 3. The van der Waals surface area contributed by atoms with Gasteiger partial charge in [0.15, 0.2) is 0 Å². The van der Waals surface area contributed by atoms with Crippen molar-refractivity contribution in [2.75, 3.05) is 26.2 Å². The molecule has 0 spiro atoms. The van der Waals surface area contributed by atoms with Gasteiger partial charge < -0.3 is 10.2 Å². The maximum Gasteiger partial charge on any atom is 0.243 e. The lowest BCUT2D eigenvalue weighted by molar-refractivity contribution is -0.147. The first kappa shape index (κ1) is 14.5. The van der Waals surface area contributed by atoms with Gasteiger partial charge in [0.05, 0.1) is 11.8 Å². The van der Waals surface area contributed by atoms with E-state index < -0.39 is 0 Å². The summed E-state index contributed by atoms with van der Waals surface area (Å²) >= 11 is 0. The molecule has 0 bridgehead atoms. The molecule has 3 rings (SSSR count). The van der Waals surface area contributed by atoms with Gasteiger partial charge in [-0.3, -0.25) is 19.3 Å². The quantitative estimate of drug-likeness (QED) is 0.727. The van der Waals surface area contributed by atoms with Crippen LogP contribution in [-0.2, 0) is 14.4 Å². The van der Waals surface area contributed by atoms with E-state index in [4.69, 9.17) is 0 Å². The Balaban J connectivity index is 1.68. The third-order valence-electron chi connectivity index (χ3n) is 5.05. The van der Waals surface area contributed by atoms with Gasteiger partial charge in [-0.2, -0.15) is 0 Å². The molecule has 116 valence electrons. The smallest absolute Gasteiger partial charge is 0.243 e. The number of hydrogen-bond acceptors (Lipinski definition) is 4. The number of hydrogen-bond donors (Lipinski definition) is 1. The zero-order chi connectivity index (χ0) is 15.0. The summed E-state index contributed by atoms with van der Waals surface area (Å²) in [5, 5.41) is 3.23. The second kappa shape index (κ2) is 5.75. The van der Waals surface area contributed by atoms with Crippen LogP contribution in [0, 0.1) is 11.8 Å². The van der Waals surface area contributed by atoms with E-state index in [-0.39, 0.29) is 42.1 Å². The average Bonchev–Trinajstić information content (AvgIpc) is 2.73. The van der Waals surface area contributed by atoms with Crippen molar-refractivity contribution in [1.29, 1.82) is 0 Å². The Kier molecular flexibility index (Phi) is 3.97. The molecule has 1 N–H and O–H groups in total. The molecule has 0 aromatic rings. The van der Waals surface area contributed by atoms with Gasteiger partial charge >= 0.3 is 0 Å². The molecule has 1 saturated carbocycles. The number of carbonyl (C=O) groups excluding carboxylic acids is 3. The van der Waals surface area contributed by atoms with Crippen LogP contribution in [0.25, 0.3) is 0 Å². The van der Waals surface area contributed by atoms with E-state index in [1.807, 2.05) is 6.92 Å². The Labute approximate surface area is 124 Å². The Bertz CT molecular complexity index is 441. The predicted octanol–water partition coefficient (Wildman–Crippen LogP) is -0.0181. The number of likely N-dealkylation sites (tertiary alicyclic amines) is 1. The van der Waals surface area contributed by atoms with Crippen LogP contribution in [0.3, 0.4) is 0 Å². The van der Waals surface area contributed by atoms with Crippen LogP contribution in [0.2, 0.25) is 0 Å². The first-order valence-corrected chi connectivity index (χ1v) is 7.95. The highest BCUT2D eigenvalue weighted by atomic mass is 16.2. The van der Waals surface area contributed by atoms with Crippen molar-refractivity contribution in [3.8, 4) is 0 Å². The lowest BCUT2D eigenvalue weighted by Gasteiger charge is -2.34. The van der Waals surface area contributed by atoms with E-state index in [2.05, 4.69) is 5.32 Å². The molecule has 3 fully saturated rings. The molecule has 2 unspecified atom stereocenters. The molecule has 1 aliphatic carbocycles. The molecule has 2 aliphatic heterocycles. The molecule has 2 heterocycles. The molecule has 0 aromatic heterocycles. The highest BCUT2D eigenvalue weighted by molar-refractivity contribution is 6.07. The van der Waals surface area contributed by atoms with Crippen LogP contribution in [0.5, 0.6) is 0 Å². The molecule has 6 nitrogen and oxygen atoms in total. The van der Waals surface area contributed by atoms with Crippen LogP contribution in [0.15, 0.2) is 0 Å². The van der Waals surface area contributed by atoms with Crippen LogP contribution in [0.4, 0.5) is 0 Å². The number of imide groups is 1. The summed E-state index contributed by atoms with van der Waals surface area (Å²) in [7, 11) is 0. The minimum Gasteiger partial charge on any atom is -0.336 e. The molecule has 6 heteroatoms. The summed E-state index contributed by atoms with van der Waals surface area (Å²) in [5.41, 5.74) is 0.